The molecule has 1 heterocycles. The normalized spacial score (nSPS) is 11.8. The van der Waals surface area contributed by atoms with E-state index in [1.54, 1.807) is 10.6 Å². The highest BCUT2D eigenvalue weighted by Gasteiger charge is 2.23. The molecule has 0 fully saturated rings. The Morgan fingerprint density at radius 2 is 2.18 bits per heavy atom. The van der Waals surface area contributed by atoms with E-state index < -0.39 is 15.8 Å². The van der Waals surface area contributed by atoms with Crippen molar-refractivity contribution in [2.75, 3.05) is 20.2 Å². The van der Waals surface area contributed by atoms with E-state index in [2.05, 4.69) is 4.98 Å². The Balaban J connectivity index is 1.95. The van der Waals surface area contributed by atoms with Crippen LogP contribution in [-0.2, 0) is 16.6 Å². The lowest BCUT2D eigenvalue weighted by atomic mass is 10.3. The summed E-state index contributed by atoms with van der Waals surface area (Å²) in [6.07, 6.45) is 2.96. The van der Waals surface area contributed by atoms with Crippen molar-refractivity contribution in [3.63, 3.8) is 0 Å². The van der Waals surface area contributed by atoms with Gasteiger partial charge >= 0.3 is 0 Å². The lowest BCUT2D eigenvalue weighted by Gasteiger charge is -2.16. The monoisotopic (exact) mass is 327 g/mol. The Morgan fingerprint density at radius 1 is 1.41 bits per heavy atom. The van der Waals surface area contributed by atoms with E-state index >= 15 is 0 Å². The van der Waals surface area contributed by atoms with Crippen molar-refractivity contribution < 1.29 is 17.5 Å². The Hall–Kier alpha value is -1.93. The van der Waals surface area contributed by atoms with E-state index in [9.17, 15) is 12.8 Å². The number of imidazole rings is 1. The third-order valence-electron chi connectivity index (χ3n) is 3.12. The largest absolute Gasteiger partial charge is 0.492 e. The molecule has 0 aliphatic rings. The van der Waals surface area contributed by atoms with Crippen molar-refractivity contribution >= 4 is 10.0 Å². The van der Waals surface area contributed by atoms with Crippen LogP contribution < -0.4 is 4.74 Å². The van der Waals surface area contributed by atoms with E-state index in [1.807, 2.05) is 6.92 Å². The van der Waals surface area contributed by atoms with Crippen LogP contribution in [-0.4, -0.2) is 42.5 Å². The number of nitrogens with zero attached hydrogens (tertiary/aromatic N) is 3. The summed E-state index contributed by atoms with van der Waals surface area (Å²) < 4.78 is 45.8. The van der Waals surface area contributed by atoms with Crippen LogP contribution in [0.5, 0.6) is 5.75 Å². The molecule has 1 aromatic heterocycles. The number of benzene rings is 1. The fourth-order valence-corrected chi connectivity index (χ4v) is 2.86. The standard InChI is InChI=1S/C14H18FN3O3S/c1-3-18-10-14(16-11-18)22(19,20)17(2)7-8-21-13-6-4-5-12(15)9-13/h4-6,9-11H,3,7-8H2,1-2H3. The van der Waals surface area contributed by atoms with Crippen LogP contribution in [0.2, 0.25) is 0 Å². The summed E-state index contributed by atoms with van der Waals surface area (Å²) in [5, 5.41) is 0.00241. The molecule has 0 N–H and O–H groups in total. The molecule has 8 heteroatoms. The fraction of sp³-hybridized carbons (Fsp3) is 0.357. The molecular formula is C14H18FN3O3S. The van der Waals surface area contributed by atoms with Gasteiger partial charge < -0.3 is 9.30 Å². The number of likely N-dealkylation sites (N-methyl/N-ethyl adjacent to an activating group) is 1. The van der Waals surface area contributed by atoms with Gasteiger partial charge in [0, 0.05) is 32.4 Å². The second-order valence-electron chi connectivity index (χ2n) is 4.67. The zero-order chi connectivity index (χ0) is 16.2. The third kappa shape index (κ3) is 3.83. The number of rotatable bonds is 7. The zero-order valence-corrected chi connectivity index (χ0v) is 13.3. The van der Waals surface area contributed by atoms with Crippen molar-refractivity contribution in [3.05, 3.63) is 42.6 Å². The van der Waals surface area contributed by atoms with E-state index in [0.717, 1.165) is 4.31 Å². The van der Waals surface area contributed by atoms with Crippen LogP contribution in [0, 0.1) is 5.82 Å². The molecule has 1 aromatic carbocycles. The van der Waals surface area contributed by atoms with Gasteiger partial charge in [-0.15, -0.1) is 0 Å². The molecule has 2 aromatic rings. The van der Waals surface area contributed by atoms with Gasteiger partial charge in [-0.3, -0.25) is 0 Å². The Bertz CT molecular complexity index is 730. The van der Waals surface area contributed by atoms with Crippen LogP contribution in [0.3, 0.4) is 0 Å². The number of sulfonamides is 1. The first-order chi connectivity index (χ1) is 10.4. The van der Waals surface area contributed by atoms with Gasteiger partial charge in [0.05, 0.1) is 6.33 Å². The van der Waals surface area contributed by atoms with Gasteiger partial charge in [-0.25, -0.2) is 17.8 Å². The van der Waals surface area contributed by atoms with Gasteiger partial charge in [0.2, 0.25) is 0 Å². The summed E-state index contributed by atoms with van der Waals surface area (Å²) in [4.78, 5) is 3.90. The minimum atomic E-state index is -3.64. The molecule has 0 atom stereocenters. The number of halogens is 1. The van der Waals surface area contributed by atoms with E-state index in [1.165, 1.54) is 37.8 Å². The van der Waals surface area contributed by atoms with Gasteiger partial charge in [0.15, 0.2) is 5.03 Å². The van der Waals surface area contributed by atoms with Crippen LogP contribution in [0.4, 0.5) is 4.39 Å². The third-order valence-corrected chi connectivity index (χ3v) is 4.86. The van der Waals surface area contributed by atoms with Crippen molar-refractivity contribution in [2.45, 2.75) is 18.5 Å². The summed E-state index contributed by atoms with van der Waals surface area (Å²) in [7, 11) is -2.19. The van der Waals surface area contributed by atoms with Crippen molar-refractivity contribution in [2.24, 2.45) is 0 Å². The molecule has 120 valence electrons. The molecule has 0 radical (unpaired) electrons. The Morgan fingerprint density at radius 3 is 2.82 bits per heavy atom. The van der Waals surface area contributed by atoms with Gasteiger partial charge in [-0.2, -0.15) is 4.31 Å². The predicted molar refractivity (Wildman–Crippen MR) is 79.6 cm³/mol. The number of hydrogen-bond donors (Lipinski definition) is 0. The van der Waals surface area contributed by atoms with Crippen molar-refractivity contribution in [1.82, 2.24) is 13.9 Å². The molecule has 0 saturated heterocycles. The van der Waals surface area contributed by atoms with E-state index in [-0.39, 0.29) is 18.2 Å². The summed E-state index contributed by atoms with van der Waals surface area (Å²) in [6.45, 7) is 2.80. The molecule has 0 unspecified atom stereocenters. The molecule has 0 spiro atoms. The van der Waals surface area contributed by atoms with Gasteiger partial charge in [-0.05, 0) is 19.1 Å². The summed E-state index contributed by atoms with van der Waals surface area (Å²) in [5.41, 5.74) is 0. The van der Waals surface area contributed by atoms with Crippen LogP contribution in [0.25, 0.3) is 0 Å². The summed E-state index contributed by atoms with van der Waals surface area (Å²) in [5.74, 6) is -0.0374. The van der Waals surface area contributed by atoms with Crippen molar-refractivity contribution in [3.8, 4) is 5.75 Å². The average Bonchev–Trinajstić information content (AvgIpc) is 2.97. The molecule has 6 nitrogen and oxygen atoms in total. The second kappa shape index (κ2) is 6.89. The molecule has 0 aliphatic heterocycles. The smallest absolute Gasteiger partial charge is 0.261 e. The molecule has 0 bridgehead atoms. The van der Waals surface area contributed by atoms with Crippen LogP contribution in [0.15, 0.2) is 41.8 Å². The summed E-state index contributed by atoms with van der Waals surface area (Å²) in [6, 6.07) is 5.70. The Kier molecular flexibility index (Phi) is 5.15. The SMILES string of the molecule is CCn1cnc(S(=O)(=O)N(C)CCOc2cccc(F)c2)c1. The summed E-state index contributed by atoms with van der Waals surface area (Å²) >= 11 is 0. The average molecular weight is 327 g/mol. The van der Waals surface area contributed by atoms with E-state index in [0.29, 0.717) is 12.3 Å². The Labute approximate surface area is 129 Å². The lowest BCUT2D eigenvalue weighted by molar-refractivity contribution is 0.285. The van der Waals surface area contributed by atoms with Crippen LogP contribution >= 0.6 is 0 Å². The maximum atomic E-state index is 13.0. The first-order valence-corrected chi connectivity index (χ1v) is 8.24. The predicted octanol–water partition coefficient (Wildman–Crippen LogP) is 1.74. The highest BCUT2D eigenvalue weighted by Crippen LogP contribution is 2.14. The minimum Gasteiger partial charge on any atom is -0.492 e. The second-order valence-corrected chi connectivity index (χ2v) is 6.67. The highest BCUT2D eigenvalue weighted by atomic mass is 32.2. The number of aryl methyl sites for hydroxylation is 1. The molecule has 0 saturated carbocycles. The highest BCUT2D eigenvalue weighted by molar-refractivity contribution is 7.89. The quantitative estimate of drug-likeness (QED) is 0.777. The maximum Gasteiger partial charge on any atom is 0.261 e. The lowest BCUT2D eigenvalue weighted by Crippen LogP contribution is -2.31. The number of ether oxygens (including phenoxy) is 1. The van der Waals surface area contributed by atoms with Gasteiger partial charge in [0.25, 0.3) is 10.0 Å². The van der Waals surface area contributed by atoms with Crippen LogP contribution in [0.1, 0.15) is 6.92 Å². The van der Waals surface area contributed by atoms with Gasteiger partial charge in [0.1, 0.15) is 18.2 Å². The topological polar surface area (TPSA) is 64.4 Å². The number of hydrogen-bond acceptors (Lipinski definition) is 4. The first-order valence-electron chi connectivity index (χ1n) is 6.80. The number of aromatic nitrogens is 2. The zero-order valence-electron chi connectivity index (χ0n) is 12.4. The molecule has 0 amide bonds. The maximum absolute atomic E-state index is 13.0. The molecule has 2 rings (SSSR count). The minimum absolute atomic E-state index is 0.00241. The molecular weight excluding hydrogens is 309 g/mol. The van der Waals surface area contributed by atoms with E-state index in [4.69, 9.17) is 4.74 Å². The van der Waals surface area contributed by atoms with Gasteiger partial charge in [-0.1, -0.05) is 6.07 Å². The molecule has 22 heavy (non-hydrogen) atoms. The fourth-order valence-electron chi connectivity index (χ4n) is 1.77. The van der Waals surface area contributed by atoms with Crippen molar-refractivity contribution in [1.29, 1.82) is 0 Å². The molecule has 0 aliphatic carbocycles. The first kappa shape index (κ1) is 16.4.